The van der Waals surface area contributed by atoms with Gasteiger partial charge in [-0.15, -0.1) is 11.3 Å². The summed E-state index contributed by atoms with van der Waals surface area (Å²) in [5, 5.41) is 2.60. The van der Waals surface area contributed by atoms with Crippen molar-refractivity contribution < 1.29 is 9.59 Å². The van der Waals surface area contributed by atoms with Crippen LogP contribution in [0.3, 0.4) is 0 Å². The maximum absolute atomic E-state index is 11.6. The van der Waals surface area contributed by atoms with E-state index in [0.717, 1.165) is 4.88 Å². The van der Waals surface area contributed by atoms with Crippen LogP contribution >= 0.6 is 11.3 Å². The maximum atomic E-state index is 11.6. The first-order valence-electron chi connectivity index (χ1n) is 4.98. The predicted molar refractivity (Wildman–Crippen MR) is 66.4 cm³/mol. The molecular weight excluding hydrogens is 238 g/mol. The lowest BCUT2D eigenvalue weighted by atomic mass is 10.3. The number of primary amides is 1. The fourth-order valence-electron chi connectivity index (χ4n) is 1.05. The van der Waals surface area contributed by atoms with Crippen LogP contribution in [0.5, 0.6) is 0 Å². The van der Waals surface area contributed by atoms with Gasteiger partial charge in [0.15, 0.2) is 0 Å². The number of rotatable bonds is 4. The average molecular weight is 251 g/mol. The summed E-state index contributed by atoms with van der Waals surface area (Å²) in [5.41, 5.74) is 10.2. The number of nitrogens with one attached hydrogen (secondary N) is 1. The number of amides is 2. The molecule has 0 aliphatic heterocycles. The quantitative estimate of drug-likeness (QED) is 0.639. The molecule has 1 heterocycles. The van der Waals surface area contributed by atoms with Crippen molar-refractivity contribution >= 4 is 23.2 Å². The molecule has 17 heavy (non-hydrogen) atoms. The van der Waals surface area contributed by atoms with Gasteiger partial charge in [0.05, 0.1) is 16.3 Å². The normalized spacial score (nSPS) is 9.24. The van der Waals surface area contributed by atoms with Crippen LogP contribution in [-0.2, 0) is 4.79 Å². The molecule has 5 nitrogen and oxygen atoms in total. The number of thiophene rings is 1. The molecule has 1 aromatic rings. The zero-order valence-corrected chi connectivity index (χ0v) is 9.97. The Hall–Kier alpha value is -1.84. The smallest absolute Gasteiger partial charge is 0.261 e. The van der Waals surface area contributed by atoms with E-state index < -0.39 is 5.91 Å². The lowest BCUT2D eigenvalue weighted by Crippen LogP contribution is -2.27. The van der Waals surface area contributed by atoms with Gasteiger partial charge < -0.3 is 16.8 Å². The van der Waals surface area contributed by atoms with Crippen LogP contribution in [0.2, 0.25) is 0 Å². The van der Waals surface area contributed by atoms with E-state index in [1.165, 1.54) is 11.3 Å². The number of hydrogen-bond acceptors (Lipinski definition) is 4. The average Bonchev–Trinajstić information content (AvgIpc) is 2.74. The Morgan fingerprint density at radius 2 is 2.18 bits per heavy atom. The summed E-state index contributed by atoms with van der Waals surface area (Å²) < 4.78 is 0. The second-order valence-corrected chi connectivity index (χ2v) is 4.23. The first-order chi connectivity index (χ1) is 8.13. The van der Waals surface area contributed by atoms with Gasteiger partial charge >= 0.3 is 0 Å². The molecule has 0 saturated heterocycles. The largest absolute Gasteiger partial charge is 0.370 e. The molecule has 1 aromatic heterocycles. The third-order valence-electron chi connectivity index (χ3n) is 1.80. The number of hydrogen-bond donors (Lipinski definition) is 3. The van der Waals surface area contributed by atoms with E-state index in [1.807, 2.05) is 0 Å². The molecule has 90 valence electrons. The summed E-state index contributed by atoms with van der Waals surface area (Å²) in [6.45, 7) is 0.536. The Morgan fingerprint density at radius 3 is 2.82 bits per heavy atom. The molecule has 2 amide bonds. The minimum Gasteiger partial charge on any atom is -0.370 e. The minimum absolute atomic E-state index is 0.136. The molecule has 0 aliphatic rings. The second kappa shape index (κ2) is 6.68. The lowest BCUT2D eigenvalue weighted by Gasteiger charge is -2.00. The molecule has 0 spiro atoms. The van der Waals surface area contributed by atoms with Crippen LogP contribution < -0.4 is 16.8 Å². The molecular formula is C11H13N3O2S. The monoisotopic (exact) mass is 251 g/mol. The maximum Gasteiger partial charge on any atom is 0.261 e. The van der Waals surface area contributed by atoms with Crippen LogP contribution in [0.25, 0.3) is 0 Å². The Balaban J connectivity index is 2.52. The van der Waals surface area contributed by atoms with Crippen molar-refractivity contribution in [3.8, 4) is 11.8 Å². The summed E-state index contributed by atoms with van der Waals surface area (Å²) >= 11 is 1.28. The third kappa shape index (κ3) is 4.68. The SMILES string of the molecule is NCC#Cc1ccc(C(=O)NCCC(N)=O)s1. The van der Waals surface area contributed by atoms with Crippen molar-refractivity contribution in [2.45, 2.75) is 6.42 Å². The highest BCUT2D eigenvalue weighted by atomic mass is 32.1. The number of carbonyl (C=O) groups is 2. The van der Waals surface area contributed by atoms with Crippen molar-refractivity contribution in [1.82, 2.24) is 5.32 Å². The summed E-state index contributed by atoms with van der Waals surface area (Å²) in [6, 6.07) is 3.45. The van der Waals surface area contributed by atoms with Crippen molar-refractivity contribution in [3.63, 3.8) is 0 Å². The van der Waals surface area contributed by atoms with Gasteiger partial charge in [0.2, 0.25) is 5.91 Å². The molecule has 0 bridgehead atoms. The van der Waals surface area contributed by atoms with Crippen LogP contribution in [0.1, 0.15) is 21.0 Å². The first kappa shape index (κ1) is 13.2. The van der Waals surface area contributed by atoms with E-state index in [1.54, 1.807) is 12.1 Å². The molecule has 0 aliphatic carbocycles. The lowest BCUT2D eigenvalue weighted by molar-refractivity contribution is -0.117. The molecule has 1 rings (SSSR count). The van der Waals surface area contributed by atoms with E-state index in [9.17, 15) is 9.59 Å². The second-order valence-electron chi connectivity index (χ2n) is 3.14. The van der Waals surface area contributed by atoms with Gasteiger partial charge in [-0.2, -0.15) is 0 Å². The highest BCUT2D eigenvalue weighted by Gasteiger charge is 2.08. The van der Waals surface area contributed by atoms with Crippen LogP contribution in [-0.4, -0.2) is 24.9 Å². The fourth-order valence-corrected chi connectivity index (χ4v) is 1.85. The van der Waals surface area contributed by atoms with Gasteiger partial charge in [-0.25, -0.2) is 0 Å². The van der Waals surface area contributed by atoms with E-state index in [2.05, 4.69) is 17.2 Å². The van der Waals surface area contributed by atoms with Gasteiger partial charge in [-0.3, -0.25) is 9.59 Å². The van der Waals surface area contributed by atoms with Gasteiger partial charge in [0.25, 0.3) is 5.91 Å². The van der Waals surface area contributed by atoms with Crippen molar-refractivity contribution in [3.05, 3.63) is 21.9 Å². The molecule has 5 N–H and O–H groups in total. The van der Waals surface area contributed by atoms with Crippen molar-refractivity contribution in [1.29, 1.82) is 0 Å². The Morgan fingerprint density at radius 1 is 1.41 bits per heavy atom. The minimum atomic E-state index is -0.439. The van der Waals surface area contributed by atoms with Gasteiger partial charge in [-0.05, 0) is 12.1 Å². The Bertz CT molecular complexity index is 471. The highest BCUT2D eigenvalue weighted by molar-refractivity contribution is 7.14. The predicted octanol–water partition coefficient (Wildman–Crippen LogP) is -0.337. The molecule has 6 heteroatoms. The van der Waals surface area contributed by atoms with Gasteiger partial charge in [0, 0.05) is 13.0 Å². The standard InChI is InChI=1S/C11H13N3O2S/c12-6-1-2-8-3-4-9(17-8)11(16)14-7-5-10(13)15/h3-4H,5-7,12H2,(H2,13,15)(H,14,16). The summed E-state index contributed by atoms with van der Waals surface area (Å²) in [7, 11) is 0. The topological polar surface area (TPSA) is 98.2 Å². The van der Waals surface area contributed by atoms with Gasteiger partial charge in [0.1, 0.15) is 0 Å². The fraction of sp³-hybridized carbons (Fsp3) is 0.273. The van der Waals surface area contributed by atoms with E-state index in [4.69, 9.17) is 11.5 Å². The number of carbonyl (C=O) groups excluding carboxylic acids is 2. The third-order valence-corrected chi connectivity index (χ3v) is 2.80. The Kier molecular flexibility index (Phi) is 5.20. The van der Waals surface area contributed by atoms with E-state index in [-0.39, 0.29) is 25.4 Å². The van der Waals surface area contributed by atoms with Crippen LogP contribution in [0, 0.1) is 11.8 Å². The summed E-state index contributed by atoms with van der Waals surface area (Å²) in [6.07, 6.45) is 0.136. The zero-order valence-electron chi connectivity index (χ0n) is 9.16. The van der Waals surface area contributed by atoms with Crippen molar-refractivity contribution in [2.75, 3.05) is 13.1 Å². The zero-order chi connectivity index (χ0) is 12.7. The van der Waals surface area contributed by atoms with E-state index >= 15 is 0 Å². The molecule has 0 aromatic carbocycles. The van der Waals surface area contributed by atoms with Crippen molar-refractivity contribution in [2.24, 2.45) is 11.5 Å². The molecule has 0 fully saturated rings. The van der Waals surface area contributed by atoms with Gasteiger partial charge in [-0.1, -0.05) is 11.8 Å². The molecule has 0 radical (unpaired) electrons. The first-order valence-corrected chi connectivity index (χ1v) is 5.80. The summed E-state index contributed by atoms with van der Waals surface area (Å²) in [4.78, 5) is 23.4. The highest BCUT2D eigenvalue weighted by Crippen LogP contribution is 2.14. The molecule has 0 saturated carbocycles. The molecule has 0 unspecified atom stereocenters. The van der Waals surface area contributed by atoms with E-state index in [0.29, 0.717) is 4.88 Å². The summed E-state index contributed by atoms with van der Waals surface area (Å²) in [5.74, 6) is 4.89. The molecule has 0 atom stereocenters. The van der Waals surface area contributed by atoms with Crippen LogP contribution in [0.4, 0.5) is 0 Å². The number of nitrogens with two attached hydrogens (primary N) is 2. The van der Waals surface area contributed by atoms with Crippen LogP contribution in [0.15, 0.2) is 12.1 Å². The Labute approximate surface area is 103 Å².